The lowest BCUT2D eigenvalue weighted by Crippen LogP contribution is -2.27. The van der Waals surface area contributed by atoms with E-state index in [0.29, 0.717) is 81.9 Å². The van der Waals surface area contributed by atoms with Crippen LogP contribution in [-0.4, -0.2) is 73.5 Å². The fourth-order valence-corrected chi connectivity index (χ4v) is 4.10. The summed E-state index contributed by atoms with van der Waals surface area (Å²) in [5.74, 6) is 2.04. The molecule has 6 N–H and O–H groups in total. The maximum Gasteiger partial charge on any atom is 0.251 e. The topological polar surface area (TPSA) is 148 Å². The van der Waals surface area contributed by atoms with Crippen molar-refractivity contribution in [3.8, 4) is 0 Å². The van der Waals surface area contributed by atoms with E-state index >= 15 is 0 Å². The van der Waals surface area contributed by atoms with E-state index in [9.17, 15) is 4.79 Å². The summed E-state index contributed by atoms with van der Waals surface area (Å²) in [7, 11) is 0. The predicted octanol–water partition coefficient (Wildman–Crippen LogP) is 2.80. The van der Waals surface area contributed by atoms with Crippen molar-refractivity contribution >= 4 is 23.8 Å². The summed E-state index contributed by atoms with van der Waals surface area (Å²) in [6, 6.07) is 7.42. The third kappa shape index (κ3) is 11.0. The number of carbonyl (C=O) groups excluding carboxylic acids is 1. The van der Waals surface area contributed by atoms with E-state index in [-0.39, 0.29) is 5.91 Å². The van der Waals surface area contributed by atoms with Gasteiger partial charge >= 0.3 is 0 Å². The quantitative estimate of drug-likeness (QED) is 0.145. The highest BCUT2D eigenvalue weighted by Crippen LogP contribution is 2.23. The van der Waals surface area contributed by atoms with E-state index in [1.54, 1.807) is 18.2 Å². The van der Waals surface area contributed by atoms with Gasteiger partial charge in [-0.2, -0.15) is 15.0 Å². The van der Waals surface area contributed by atoms with Crippen LogP contribution >= 0.6 is 0 Å². The Morgan fingerprint density at radius 2 is 1.58 bits per heavy atom. The van der Waals surface area contributed by atoms with Gasteiger partial charge in [0.1, 0.15) is 0 Å². The summed E-state index contributed by atoms with van der Waals surface area (Å²) < 4.78 is 10.7. The van der Waals surface area contributed by atoms with Crippen LogP contribution < -0.4 is 27.0 Å². The minimum absolute atomic E-state index is 0.142. The Hall–Kier alpha value is -3.28. The smallest absolute Gasteiger partial charge is 0.251 e. The van der Waals surface area contributed by atoms with Crippen molar-refractivity contribution in [1.82, 2.24) is 20.3 Å². The summed E-state index contributed by atoms with van der Waals surface area (Å²) in [4.78, 5) is 25.9. The van der Waals surface area contributed by atoms with Gasteiger partial charge in [-0.25, -0.2) is 0 Å². The molecule has 2 aromatic rings. The fourth-order valence-electron chi connectivity index (χ4n) is 4.10. The molecule has 0 bridgehead atoms. The van der Waals surface area contributed by atoms with Crippen molar-refractivity contribution in [1.29, 1.82) is 0 Å². The number of nitrogens with zero attached hydrogens (tertiary/aromatic N) is 3. The van der Waals surface area contributed by atoms with Crippen molar-refractivity contribution < 1.29 is 14.3 Å². The van der Waals surface area contributed by atoms with Gasteiger partial charge in [-0.05, 0) is 36.5 Å². The molecule has 1 saturated carbocycles. The van der Waals surface area contributed by atoms with Gasteiger partial charge in [-0.1, -0.05) is 37.5 Å². The second-order valence-corrected chi connectivity index (χ2v) is 9.18. The summed E-state index contributed by atoms with van der Waals surface area (Å²) in [6.45, 7) is 8.52. The molecule has 1 amide bonds. The summed E-state index contributed by atoms with van der Waals surface area (Å²) in [5, 5.41) is 12.7. The molecular formula is C27H42N8O3. The Bertz CT molecular complexity index is 967. The average molecular weight is 527 g/mol. The van der Waals surface area contributed by atoms with E-state index in [4.69, 9.17) is 15.2 Å². The third-order valence-electron chi connectivity index (χ3n) is 6.15. The number of amides is 1. The number of rotatable bonds is 18. The van der Waals surface area contributed by atoms with Crippen LogP contribution in [0.5, 0.6) is 0 Å². The molecule has 11 heteroatoms. The van der Waals surface area contributed by atoms with E-state index in [1.165, 1.54) is 32.1 Å². The van der Waals surface area contributed by atoms with Crippen LogP contribution in [0.25, 0.3) is 0 Å². The summed E-state index contributed by atoms with van der Waals surface area (Å²) in [5.41, 5.74) is 6.95. The molecule has 1 aromatic carbocycles. The molecule has 38 heavy (non-hydrogen) atoms. The molecule has 1 aliphatic carbocycles. The van der Waals surface area contributed by atoms with Crippen molar-refractivity contribution in [2.45, 2.75) is 38.6 Å². The van der Waals surface area contributed by atoms with Gasteiger partial charge in [0.05, 0.1) is 26.4 Å². The molecule has 0 atom stereocenters. The van der Waals surface area contributed by atoms with Gasteiger partial charge in [-0.3, -0.25) is 4.79 Å². The number of ether oxygens (including phenoxy) is 2. The van der Waals surface area contributed by atoms with E-state index < -0.39 is 0 Å². The Labute approximate surface area is 225 Å². The van der Waals surface area contributed by atoms with Crippen LogP contribution in [0.1, 0.15) is 48.0 Å². The molecule has 1 aromatic heterocycles. The number of hydrogen-bond donors (Lipinski definition) is 5. The lowest BCUT2D eigenvalue weighted by molar-refractivity contribution is 0.0511. The normalized spacial score (nSPS) is 13.6. The summed E-state index contributed by atoms with van der Waals surface area (Å²) in [6.07, 6.45) is 8.18. The number of carbonyl (C=O) groups is 1. The zero-order chi connectivity index (χ0) is 26.8. The van der Waals surface area contributed by atoms with Crippen molar-refractivity contribution in [2.75, 3.05) is 68.6 Å². The molecular weight excluding hydrogens is 484 g/mol. The minimum atomic E-state index is -0.142. The first kappa shape index (κ1) is 29.3. The molecule has 0 saturated heterocycles. The average Bonchev–Trinajstić information content (AvgIpc) is 2.96. The Morgan fingerprint density at radius 1 is 0.921 bits per heavy atom. The molecule has 0 unspecified atom stereocenters. The van der Waals surface area contributed by atoms with Gasteiger partial charge in [0.15, 0.2) is 0 Å². The predicted molar refractivity (Wildman–Crippen MR) is 150 cm³/mol. The zero-order valence-electron chi connectivity index (χ0n) is 22.2. The molecule has 1 heterocycles. The first-order valence-electron chi connectivity index (χ1n) is 13.5. The van der Waals surface area contributed by atoms with Crippen LogP contribution in [0.2, 0.25) is 0 Å². The number of nitrogens with two attached hydrogens (primary N) is 1. The zero-order valence-corrected chi connectivity index (χ0v) is 22.2. The van der Waals surface area contributed by atoms with Gasteiger partial charge in [0.2, 0.25) is 17.8 Å². The van der Waals surface area contributed by atoms with Crippen LogP contribution in [0.3, 0.4) is 0 Å². The largest absolute Gasteiger partial charge is 0.378 e. The first-order chi connectivity index (χ1) is 18.7. The third-order valence-corrected chi connectivity index (χ3v) is 6.15. The molecule has 1 fully saturated rings. The monoisotopic (exact) mass is 526 g/mol. The lowest BCUT2D eigenvalue weighted by atomic mass is 9.89. The van der Waals surface area contributed by atoms with E-state index in [2.05, 4.69) is 42.8 Å². The molecule has 11 nitrogen and oxygen atoms in total. The number of nitrogens with one attached hydrogen (secondary N) is 4. The molecule has 0 radical (unpaired) electrons. The Morgan fingerprint density at radius 3 is 2.26 bits per heavy atom. The highest BCUT2D eigenvalue weighted by molar-refractivity contribution is 5.94. The molecule has 1 aliphatic rings. The molecule has 0 spiro atoms. The van der Waals surface area contributed by atoms with Crippen LogP contribution in [0.4, 0.5) is 17.8 Å². The van der Waals surface area contributed by atoms with E-state index in [1.807, 2.05) is 12.1 Å². The number of anilines is 3. The molecule has 208 valence electrons. The maximum atomic E-state index is 12.4. The summed E-state index contributed by atoms with van der Waals surface area (Å²) >= 11 is 0. The van der Waals surface area contributed by atoms with Gasteiger partial charge in [0.25, 0.3) is 5.91 Å². The van der Waals surface area contributed by atoms with Gasteiger partial charge < -0.3 is 36.5 Å². The highest BCUT2D eigenvalue weighted by atomic mass is 16.5. The SMILES string of the molecule is C=CCNc1nc(NCc2ccc(C(=O)NCCOCCOCCN)cc2)nc(NCC2CCCCC2)n1. The minimum Gasteiger partial charge on any atom is -0.378 e. The van der Waals surface area contributed by atoms with E-state index in [0.717, 1.165) is 12.1 Å². The number of aromatic nitrogens is 3. The fraction of sp³-hybridized carbons (Fsp3) is 0.556. The first-order valence-corrected chi connectivity index (χ1v) is 13.5. The molecule has 0 aliphatic heterocycles. The highest BCUT2D eigenvalue weighted by Gasteiger charge is 2.14. The van der Waals surface area contributed by atoms with Crippen LogP contribution in [0.15, 0.2) is 36.9 Å². The number of benzene rings is 1. The second-order valence-electron chi connectivity index (χ2n) is 9.18. The van der Waals surface area contributed by atoms with Crippen molar-refractivity contribution in [2.24, 2.45) is 11.7 Å². The maximum absolute atomic E-state index is 12.4. The number of hydrogen-bond acceptors (Lipinski definition) is 10. The van der Waals surface area contributed by atoms with Crippen molar-refractivity contribution in [3.63, 3.8) is 0 Å². The van der Waals surface area contributed by atoms with Crippen molar-refractivity contribution in [3.05, 3.63) is 48.0 Å². The van der Waals surface area contributed by atoms with Crippen LogP contribution in [-0.2, 0) is 16.0 Å². The van der Waals surface area contributed by atoms with Gasteiger partial charge in [-0.15, -0.1) is 6.58 Å². The molecule has 3 rings (SSSR count). The second kappa shape index (κ2) is 17.3. The Balaban J connectivity index is 1.46. The standard InChI is InChI=1S/C27H42N8O3/c1-2-13-30-25-33-26(31-19-21-6-4-3-5-7-21)35-27(34-25)32-20-22-8-10-23(11-9-22)24(36)29-14-16-38-18-17-37-15-12-28/h2,8-11,21H,1,3-7,12-20,28H2,(H,29,36)(H3,30,31,32,33,34,35). The Kier molecular flexibility index (Phi) is 13.3. The van der Waals surface area contributed by atoms with Crippen LogP contribution in [0, 0.1) is 5.92 Å². The lowest BCUT2D eigenvalue weighted by Gasteiger charge is -2.21. The van der Waals surface area contributed by atoms with Gasteiger partial charge in [0, 0.05) is 38.3 Å².